The van der Waals surface area contributed by atoms with Gasteiger partial charge in [0, 0.05) is 32.4 Å². The largest absolute Gasteiger partial charge is 0.387 e. The van der Waals surface area contributed by atoms with E-state index in [0.717, 1.165) is 5.52 Å². The lowest BCUT2D eigenvalue weighted by Crippen LogP contribution is -2.44. The minimum absolute atomic E-state index is 0.0240. The van der Waals surface area contributed by atoms with Crippen LogP contribution in [-0.2, 0) is 9.53 Å². The molecule has 12 heteroatoms. The molecule has 11 nitrogen and oxygen atoms in total. The molecule has 1 aliphatic rings. The van der Waals surface area contributed by atoms with E-state index in [1.54, 1.807) is 21.5 Å². The van der Waals surface area contributed by atoms with Crippen LogP contribution in [0.2, 0.25) is 0 Å². The first kappa shape index (κ1) is 27.9. The Bertz CT molecular complexity index is 1390. The number of hydrogen-bond donors (Lipinski definition) is 3. The van der Waals surface area contributed by atoms with Crippen LogP contribution in [0.15, 0.2) is 36.7 Å². The highest BCUT2D eigenvalue weighted by molar-refractivity contribution is 6.00. The van der Waals surface area contributed by atoms with Crippen molar-refractivity contribution in [3.8, 4) is 17.5 Å². The van der Waals surface area contributed by atoms with Gasteiger partial charge in [-0.2, -0.15) is 10.4 Å². The zero-order chi connectivity index (χ0) is 28.2. The van der Waals surface area contributed by atoms with Gasteiger partial charge < -0.3 is 25.4 Å². The van der Waals surface area contributed by atoms with Crippen molar-refractivity contribution in [3.05, 3.63) is 47.8 Å². The maximum absolute atomic E-state index is 14.3. The Morgan fingerprint density at radius 1 is 1.28 bits per heavy atom. The lowest BCUT2D eigenvalue weighted by atomic mass is 10.0. The van der Waals surface area contributed by atoms with Crippen LogP contribution in [0.5, 0.6) is 0 Å². The number of aromatic nitrogens is 3. The number of anilines is 1. The van der Waals surface area contributed by atoms with Gasteiger partial charge in [0.1, 0.15) is 18.8 Å². The van der Waals surface area contributed by atoms with Gasteiger partial charge in [0.05, 0.1) is 52.1 Å². The molecule has 0 bridgehead atoms. The Hall–Kier alpha value is -4.08. The number of hydrogen-bond acceptors (Lipinski definition) is 8. The fourth-order valence-electron chi connectivity index (χ4n) is 4.39. The van der Waals surface area contributed by atoms with Crippen LogP contribution in [-0.4, -0.2) is 87.6 Å². The average Bonchev–Trinajstić information content (AvgIpc) is 3.34. The summed E-state index contributed by atoms with van der Waals surface area (Å²) in [6, 6.07) is 9.15. The van der Waals surface area contributed by atoms with Gasteiger partial charge in [-0.3, -0.25) is 14.6 Å². The van der Waals surface area contributed by atoms with Gasteiger partial charge in [-0.1, -0.05) is 0 Å². The van der Waals surface area contributed by atoms with E-state index >= 15 is 0 Å². The van der Waals surface area contributed by atoms with Crippen LogP contribution < -0.4 is 10.6 Å². The highest BCUT2D eigenvalue weighted by Gasteiger charge is 2.28. The smallest absolute Gasteiger partial charge is 0.255 e. The Labute approximate surface area is 225 Å². The highest BCUT2D eigenvalue weighted by Crippen LogP contribution is 2.27. The molecule has 0 aliphatic carbocycles. The van der Waals surface area contributed by atoms with Crippen LogP contribution in [0.1, 0.15) is 42.6 Å². The minimum Gasteiger partial charge on any atom is -0.387 e. The van der Waals surface area contributed by atoms with Gasteiger partial charge in [0.25, 0.3) is 5.91 Å². The fraction of sp³-hybridized carbons (Fsp3) is 0.444. The molecule has 3 aromatic heterocycles. The summed E-state index contributed by atoms with van der Waals surface area (Å²) in [5.74, 6) is -0.602. The third kappa shape index (κ3) is 6.50. The van der Waals surface area contributed by atoms with Crippen molar-refractivity contribution in [3.63, 3.8) is 0 Å². The molecule has 1 fully saturated rings. The number of fused-ring (bicyclic) bond motifs is 1. The number of aliphatic hydroxyl groups is 1. The maximum atomic E-state index is 14.3. The summed E-state index contributed by atoms with van der Waals surface area (Å²) < 4.78 is 20.9. The number of amides is 2. The summed E-state index contributed by atoms with van der Waals surface area (Å²) >= 11 is 0. The molecular weight excluding hydrogens is 505 g/mol. The molecule has 39 heavy (non-hydrogen) atoms. The van der Waals surface area contributed by atoms with Gasteiger partial charge in [-0.25, -0.2) is 8.91 Å². The molecule has 0 spiro atoms. The number of likely N-dealkylation sites (tertiary alicyclic amines) is 1. The minimum atomic E-state index is -1.66. The molecule has 2 amide bonds. The number of carbonyl (C=O) groups is 2. The second-order valence-corrected chi connectivity index (χ2v) is 10.1. The summed E-state index contributed by atoms with van der Waals surface area (Å²) in [5.41, 5.74) is 1.48. The van der Waals surface area contributed by atoms with E-state index in [-0.39, 0.29) is 30.7 Å². The van der Waals surface area contributed by atoms with E-state index in [1.165, 1.54) is 33.4 Å². The van der Waals surface area contributed by atoms with Crippen molar-refractivity contribution < 1.29 is 23.8 Å². The van der Waals surface area contributed by atoms with Gasteiger partial charge >= 0.3 is 0 Å². The van der Waals surface area contributed by atoms with Gasteiger partial charge in [0.2, 0.25) is 5.91 Å². The Balaban J connectivity index is 1.60. The number of halogens is 1. The topological polar surface area (TPSA) is 145 Å². The number of nitrogens with zero attached hydrogens (tertiary/aromatic N) is 5. The number of pyridine rings is 1. The molecule has 0 saturated carbocycles. The van der Waals surface area contributed by atoms with E-state index in [4.69, 9.17) is 10.00 Å². The normalized spacial score (nSPS) is 15.1. The van der Waals surface area contributed by atoms with E-state index in [2.05, 4.69) is 26.8 Å². The molecule has 4 rings (SSSR count). The number of piperidine rings is 1. The van der Waals surface area contributed by atoms with Crippen molar-refractivity contribution in [2.24, 2.45) is 0 Å². The molecule has 0 aromatic carbocycles. The molecular formula is C27H32FN7O4. The number of nitriles is 1. The molecule has 0 radical (unpaired) electrons. The number of nitrogens with one attached hydrogen (secondary N) is 2. The van der Waals surface area contributed by atoms with Crippen molar-refractivity contribution >= 4 is 23.0 Å². The summed E-state index contributed by atoms with van der Waals surface area (Å²) in [7, 11) is 1.48. The molecule has 1 saturated heterocycles. The SMILES string of the molecule is COCC(=O)N1CCC(Nc2cc(-c3ccc4cc(C#N)cnn34)ncc2C(=O)NC[C@@H](F)C(C)(C)O)CC1. The first-order valence-electron chi connectivity index (χ1n) is 12.7. The predicted octanol–water partition coefficient (Wildman–Crippen LogP) is 2.16. The lowest BCUT2D eigenvalue weighted by Gasteiger charge is -2.33. The second kappa shape index (κ2) is 11.8. The van der Waals surface area contributed by atoms with Gasteiger partial charge in [-0.15, -0.1) is 0 Å². The van der Waals surface area contributed by atoms with Crippen LogP contribution in [0.25, 0.3) is 16.9 Å². The number of carbonyl (C=O) groups excluding carboxylic acids is 2. The monoisotopic (exact) mass is 537 g/mol. The zero-order valence-electron chi connectivity index (χ0n) is 22.1. The standard InChI is InChI=1S/C27H32FN7O4/c1-27(2,38)24(28)15-31-26(37)20-14-30-22(23-5-4-19-10-17(12-29)13-32-35(19)23)11-21(20)33-18-6-8-34(9-7-18)25(36)16-39-3/h4-5,10-11,13-14,18,24,38H,6-9,15-16H2,1-3H3,(H,30,33)(H,31,37)/t24-/m1/s1. The highest BCUT2D eigenvalue weighted by atomic mass is 19.1. The molecule has 3 aromatic rings. The van der Waals surface area contributed by atoms with Crippen LogP contribution >= 0.6 is 0 Å². The number of rotatable bonds is 9. The number of methoxy groups -OCH3 is 1. The summed E-state index contributed by atoms with van der Waals surface area (Å²) in [6.45, 7) is 3.44. The molecule has 206 valence electrons. The Morgan fingerprint density at radius 2 is 2.03 bits per heavy atom. The van der Waals surface area contributed by atoms with Gasteiger partial charge in [0.15, 0.2) is 0 Å². The first-order chi connectivity index (χ1) is 18.6. The quantitative estimate of drug-likeness (QED) is 0.377. The van der Waals surface area contributed by atoms with Gasteiger partial charge in [-0.05, 0) is 51.0 Å². The predicted molar refractivity (Wildman–Crippen MR) is 142 cm³/mol. The maximum Gasteiger partial charge on any atom is 0.255 e. The summed E-state index contributed by atoms with van der Waals surface area (Å²) in [6.07, 6.45) is 2.55. The number of ether oxygens (including phenoxy) is 1. The fourth-order valence-corrected chi connectivity index (χ4v) is 4.39. The van der Waals surface area contributed by atoms with Crippen molar-refractivity contribution in [2.75, 3.05) is 38.7 Å². The summed E-state index contributed by atoms with van der Waals surface area (Å²) in [5, 5.41) is 29.4. The van der Waals surface area contributed by atoms with Crippen LogP contribution in [0.3, 0.4) is 0 Å². The van der Waals surface area contributed by atoms with Crippen LogP contribution in [0, 0.1) is 11.3 Å². The van der Waals surface area contributed by atoms with E-state index in [1.807, 2.05) is 12.1 Å². The molecule has 3 N–H and O–H groups in total. The summed E-state index contributed by atoms with van der Waals surface area (Å²) in [4.78, 5) is 31.5. The third-order valence-electron chi connectivity index (χ3n) is 6.72. The molecule has 1 aliphatic heterocycles. The van der Waals surface area contributed by atoms with Crippen molar-refractivity contribution in [1.82, 2.24) is 24.8 Å². The van der Waals surface area contributed by atoms with E-state index in [9.17, 15) is 19.1 Å². The Kier molecular flexibility index (Phi) is 8.42. The molecule has 1 atom stereocenters. The third-order valence-corrected chi connectivity index (χ3v) is 6.72. The molecule has 0 unspecified atom stereocenters. The van der Waals surface area contributed by atoms with Crippen molar-refractivity contribution in [1.29, 1.82) is 5.26 Å². The van der Waals surface area contributed by atoms with E-state index in [0.29, 0.717) is 48.6 Å². The van der Waals surface area contributed by atoms with Crippen LogP contribution in [0.4, 0.5) is 10.1 Å². The van der Waals surface area contributed by atoms with E-state index < -0.39 is 17.7 Å². The average molecular weight is 538 g/mol. The van der Waals surface area contributed by atoms with Crippen molar-refractivity contribution in [2.45, 2.75) is 44.5 Å². The second-order valence-electron chi connectivity index (χ2n) is 10.1. The lowest BCUT2D eigenvalue weighted by molar-refractivity contribution is -0.136. The first-order valence-corrected chi connectivity index (χ1v) is 12.7. The number of alkyl halides is 1. The zero-order valence-corrected chi connectivity index (χ0v) is 22.1. The Morgan fingerprint density at radius 3 is 2.69 bits per heavy atom. The molecule has 4 heterocycles.